The van der Waals surface area contributed by atoms with E-state index in [0.717, 1.165) is 18.2 Å². The Morgan fingerprint density at radius 3 is 2.44 bits per heavy atom. The molecule has 1 aromatic heterocycles. The number of amides is 1. The summed E-state index contributed by atoms with van der Waals surface area (Å²) in [4.78, 5) is 12.2. The highest BCUT2D eigenvalue weighted by molar-refractivity contribution is 7.91. The van der Waals surface area contributed by atoms with E-state index in [-0.39, 0.29) is 16.3 Å². The molecule has 0 aliphatic heterocycles. The summed E-state index contributed by atoms with van der Waals surface area (Å²) in [6.07, 6.45) is 1.23. The number of aromatic nitrogens is 1. The second-order valence-corrected chi connectivity index (χ2v) is 9.33. The van der Waals surface area contributed by atoms with Crippen molar-refractivity contribution < 1.29 is 26.4 Å². The van der Waals surface area contributed by atoms with Crippen LogP contribution in [-0.4, -0.2) is 31.3 Å². The van der Waals surface area contributed by atoms with Gasteiger partial charge in [-0.1, -0.05) is 25.4 Å². The number of carbonyl (C=O) groups is 1. The van der Waals surface area contributed by atoms with Gasteiger partial charge in [-0.15, -0.1) is 0 Å². The van der Waals surface area contributed by atoms with E-state index >= 15 is 0 Å². The van der Waals surface area contributed by atoms with Crippen LogP contribution in [0.15, 0.2) is 29.3 Å². The highest BCUT2D eigenvalue weighted by atomic mass is 35.5. The predicted molar refractivity (Wildman–Crippen MR) is 96.5 cm³/mol. The van der Waals surface area contributed by atoms with Crippen LogP contribution in [0.5, 0.6) is 0 Å². The molecule has 148 valence electrons. The Bertz CT molecular complexity index is 964. The summed E-state index contributed by atoms with van der Waals surface area (Å²) in [5, 5.41) is 1.82. The molecule has 1 amide bonds. The molecule has 2 rings (SSSR count). The maximum Gasteiger partial charge on any atom is 0.272 e. The van der Waals surface area contributed by atoms with Crippen LogP contribution in [0.3, 0.4) is 0 Å². The first-order valence-electron chi connectivity index (χ1n) is 7.77. The second-order valence-electron chi connectivity index (χ2n) is 6.94. The molecule has 0 spiro atoms. The first-order valence-corrected chi connectivity index (χ1v) is 9.80. The number of nitrogens with one attached hydrogen (secondary N) is 1. The second kappa shape index (κ2) is 7.55. The van der Waals surface area contributed by atoms with Gasteiger partial charge in [0.2, 0.25) is 0 Å². The van der Waals surface area contributed by atoms with Crippen LogP contribution in [0.1, 0.15) is 24.3 Å². The van der Waals surface area contributed by atoms with Gasteiger partial charge in [-0.2, -0.15) is 0 Å². The van der Waals surface area contributed by atoms with Gasteiger partial charge in [-0.3, -0.25) is 9.18 Å². The number of alkyl halides is 1. The molecule has 5 nitrogen and oxygen atoms in total. The average molecular weight is 423 g/mol. The molecular weight excluding hydrogens is 405 g/mol. The molecule has 0 unspecified atom stereocenters. The Balaban J connectivity index is 2.29. The van der Waals surface area contributed by atoms with Gasteiger partial charge in [-0.05, 0) is 12.1 Å². The fourth-order valence-electron chi connectivity index (χ4n) is 2.39. The maximum atomic E-state index is 13.4. The van der Waals surface area contributed by atoms with Crippen molar-refractivity contribution in [3.63, 3.8) is 0 Å². The van der Waals surface area contributed by atoms with Crippen LogP contribution in [0.25, 0.3) is 0 Å². The number of anilines is 1. The normalized spacial score (nSPS) is 12.3. The lowest BCUT2D eigenvalue weighted by molar-refractivity contribution is 0.101. The summed E-state index contributed by atoms with van der Waals surface area (Å²) in [7, 11) is -2.38. The zero-order valence-corrected chi connectivity index (χ0v) is 16.4. The van der Waals surface area contributed by atoms with Crippen LogP contribution in [-0.2, 0) is 16.9 Å². The highest BCUT2D eigenvalue weighted by Gasteiger charge is 2.29. The Hall–Kier alpha value is -2.00. The van der Waals surface area contributed by atoms with E-state index < -0.39 is 50.2 Å². The van der Waals surface area contributed by atoms with Crippen LogP contribution in [0.2, 0.25) is 5.02 Å². The Labute approximate surface area is 160 Å². The number of aryl methyl sites for hydroxylation is 1. The molecule has 0 radical (unpaired) electrons. The lowest BCUT2D eigenvalue weighted by atomic mass is 9.99. The van der Waals surface area contributed by atoms with Crippen molar-refractivity contribution in [3.8, 4) is 0 Å². The van der Waals surface area contributed by atoms with Crippen molar-refractivity contribution in [1.29, 1.82) is 0 Å². The highest BCUT2D eigenvalue weighted by Crippen LogP contribution is 2.26. The standard InChI is InChI=1S/C17H18ClF3N2O3S/c1-17(2,8-19)9-27(25,26)11-6-14(23(3)7-11)16(24)22-10-4-12(18)15(21)13(20)5-10/h4-7H,8-9H2,1-3H3,(H,22,24). The largest absolute Gasteiger partial charge is 0.345 e. The summed E-state index contributed by atoms with van der Waals surface area (Å²) in [5.41, 5.74) is -1.19. The smallest absolute Gasteiger partial charge is 0.272 e. The molecular formula is C17H18ClF3N2O3S. The topological polar surface area (TPSA) is 68.2 Å². The van der Waals surface area contributed by atoms with E-state index in [2.05, 4.69) is 5.32 Å². The fraction of sp³-hybridized carbons (Fsp3) is 0.353. The zero-order valence-electron chi connectivity index (χ0n) is 14.8. The molecule has 2 aromatic rings. The van der Waals surface area contributed by atoms with Crippen molar-refractivity contribution in [2.24, 2.45) is 12.5 Å². The minimum atomic E-state index is -3.83. The van der Waals surface area contributed by atoms with Gasteiger partial charge in [0.1, 0.15) is 5.69 Å². The predicted octanol–water partition coefficient (Wildman–Crippen LogP) is 3.98. The minimum Gasteiger partial charge on any atom is -0.345 e. The summed E-state index contributed by atoms with van der Waals surface area (Å²) in [6, 6.07) is 2.92. The van der Waals surface area contributed by atoms with Gasteiger partial charge >= 0.3 is 0 Å². The van der Waals surface area contributed by atoms with Gasteiger partial charge in [0, 0.05) is 30.4 Å². The van der Waals surface area contributed by atoms with Gasteiger partial charge in [0.25, 0.3) is 5.91 Å². The summed E-state index contributed by atoms with van der Waals surface area (Å²) >= 11 is 5.54. The van der Waals surface area contributed by atoms with Crippen molar-refractivity contribution >= 4 is 33.0 Å². The summed E-state index contributed by atoms with van der Waals surface area (Å²) < 4.78 is 65.8. The van der Waals surface area contributed by atoms with E-state index in [0.29, 0.717) is 0 Å². The lowest BCUT2D eigenvalue weighted by Gasteiger charge is -2.19. The third-order valence-corrected chi connectivity index (χ3v) is 6.13. The molecule has 1 N–H and O–H groups in total. The fourth-order valence-corrected chi connectivity index (χ4v) is 4.48. The van der Waals surface area contributed by atoms with Crippen LogP contribution >= 0.6 is 11.6 Å². The van der Waals surface area contributed by atoms with Crippen molar-refractivity contribution in [1.82, 2.24) is 4.57 Å². The van der Waals surface area contributed by atoms with Crippen molar-refractivity contribution in [2.45, 2.75) is 18.7 Å². The molecule has 0 aliphatic rings. The molecule has 0 fully saturated rings. The zero-order chi connectivity index (χ0) is 20.6. The Morgan fingerprint density at radius 2 is 1.89 bits per heavy atom. The lowest BCUT2D eigenvalue weighted by Crippen LogP contribution is -2.25. The number of hydrogen-bond acceptors (Lipinski definition) is 3. The first kappa shape index (κ1) is 21.3. The number of hydrogen-bond donors (Lipinski definition) is 1. The number of benzene rings is 1. The van der Waals surface area contributed by atoms with E-state index in [9.17, 15) is 26.4 Å². The summed E-state index contributed by atoms with van der Waals surface area (Å²) in [6.45, 7) is 2.14. The number of carbonyl (C=O) groups excluding carboxylic acids is 1. The molecule has 0 aliphatic carbocycles. The first-order chi connectivity index (χ1) is 12.4. The van der Waals surface area contributed by atoms with E-state index in [1.807, 2.05) is 0 Å². The molecule has 0 bridgehead atoms. The minimum absolute atomic E-state index is 0.0347. The Kier molecular flexibility index (Phi) is 5.96. The SMILES string of the molecule is Cn1cc(S(=O)(=O)CC(C)(C)CF)cc1C(=O)Nc1cc(F)c(F)c(Cl)c1. The van der Waals surface area contributed by atoms with Gasteiger partial charge in [0.15, 0.2) is 21.5 Å². The van der Waals surface area contributed by atoms with Crippen molar-refractivity contribution in [2.75, 3.05) is 17.7 Å². The van der Waals surface area contributed by atoms with Gasteiger partial charge in [0.05, 0.1) is 22.3 Å². The molecule has 0 atom stereocenters. The van der Waals surface area contributed by atoms with Gasteiger partial charge in [-0.25, -0.2) is 17.2 Å². The number of halogens is 4. The van der Waals surface area contributed by atoms with E-state index in [1.165, 1.54) is 31.7 Å². The van der Waals surface area contributed by atoms with Crippen LogP contribution < -0.4 is 5.32 Å². The monoisotopic (exact) mass is 422 g/mol. The van der Waals surface area contributed by atoms with E-state index in [4.69, 9.17) is 11.6 Å². The summed E-state index contributed by atoms with van der Waals surface area (Å²) in [5.74, 6) is -3.65. The number of nitrogens with zero attached hydrogens (tertiary/aromatic N) is 1. The van der Waals surface area contributed by atoms with Gasteiger partial charge < -0.3 is 9.88 Å². The molecule has 27 heavy (non-hydrogen) atoms. The van der Waals surface area contributed by atoms with Crippen molar-refractivity contribution in [3.05, 3.63) is 46.7 Å². The maximum absolute atomic E-state index is 13.4. The van der Waals surface area contributed by atoms with E-state index in [1.54, 1.807) is 0 Å². The molecule has 0 saturated heterocycles. The molecule has 10 heteroatoms. The Morgan fingerprint density at radius 1 is 1.26 bits per heavy atom. The quantitative estimate of drug-likeness (QED) is 0.716. The molecule has 1 aromatic carbocycles. The third-order valence-electron chi connectivity index (χ3n) is 3.76. The van der Waals surface area contributed by atoms with Crippen LogP contribution in [0, 0.1) is 17.0 Å². The molecule has 0 saturated carbocycles. The van der Waals surface area contributed by atoms with Crippen LogP contribution in [0.4, 0.5) is 18.9 Å². The number of sulfone groups is 1. The molecule has 1 heterocycles. The third kappa shape index (κ3) is 4.84. The average Bonchev–Trinajstić information content (AvgIpc) is 2.94. The number of rotatable bonds is 6.